The van der Waals surface area contributed by atoms with Crippen molar-refractivity contribution >= 4 is 16.9 Å². The van der Waals surface area contributed by atoms with Gasteiger partial charge in [-0.15, -0.1) is 0 Å². The minimum absolute atomic E-state index is 0.103. The zero-order valence-electron chi connectivity index (χ0n) is 21.2. The number of esters is 1. The first-order valence-corrected chi connectivity index (χ1v) is 12.7. The van der Waals surface area contributed by atoms with Crippen molar-refractivity contribution in [3.05, 3.63) is 39.2 Å². The van der Waals surface area contributed by atoms with Crippen molar-refractivity contribution in [2.45, 2.75) is 58.0 Å². The lowest BCUT2D eigenvalue weighted by Crippen LogP contribution is -2.51. The number of phenols is 1. The third-order valence-electron chi connectivity index (χ3n) is 7.80. The number of hydrogen-bond acceptors (Lipinski definition) is 8. The van der Waals surface area contributed by atoms with Crippen molar-refractivity contribution in [2.75, 3.05) is 47.0 Å². The molecule has 2 atom stereocenters. The maximum Gasteiger partial charge on any atom is 0.340 e. The molecule has 2 unspecified atom stereocenters. The fourth-order valence-corrected chi connectivity index (χ4v) is 5.87. The van der Waals surface area contributed by atoms with Crippen molar-refractivity contribution in [2.24, 2.45) is 5.92 Å². The molecule has 0 radical (unpaired) electrons. The van der Waals surface area contributed by atoms with E-state index < -0.39 is 11.6 Å². The van der Waals surface area contributed by atoms with E-state index in [-0.39, 0.29) is 17.7 Å². The second-order valence-electron chi connectivity index (χ2n) is 9.92. The predicted octanol–water partition coefficient (Wildman–Crippen LogP) is 3.24. The standard InChI is InChI=1S/C27H38N2O6/c1-18-20-9-10-24(30)22(26(20)35-27(32)21(18)15-25(31)34-3)17-28(13-14-33-2)16-19-7-6-12-29-11-5-4-8-23(19)29/h9-10,19,23,30H,4-8,11-17H2,1-3H3. The topological polar surface area (TPSA) is 92.4 Å². The third-order valence-corrected chi connectivity index (χ3v) is 7.80. The Morgan fingerprint density at radius 1 is 1.17 bits per heavy atom. The van der Waals surface area contributed by atoms with Gasteiger partial charge in [0, 0.05) is 38.2 Å². The van der Waals surface area contributed by atoms with Gasteiger partial charge in [0.15, 0.2) is 0 Å². The van der Waals surface area contributed by atoms with Crippen LogP contribution in [0.1, 0.15) is 48.8 Å². The zero-order valence-corrected chi connectivity index (χ0v) is 21.2. The van der Waals surface area contributed by atoms with Crippen molar-refractivity contribution in [1.29, 1.82) is 0 Å². The molecular weight excluding hydrogens is 448 g/mol. The highest BCUT2D eigenvalue weighted by Gasteiger charge is 2.34. The number of aryl methyl sites for hydroxylation is 1. The van der Waals surface area contributed by atoms with Gasteiger partial charge in [-0.2, -0.15) is 0 Å². The van der Waals surface area contributed by atoms with Crippen LogP contribution in [0.15, 0.2) is 21.3 Å². The Morgan fingerprint density at radius 3 is 2.74 bits per heavy atom. The Hall–Kier alpha value is -2.42. The number of piperidine rings is 2. The van der Waals surface area contributed by atoms with Crippen LogP contribution in [-0.2, 0) is 27.2 Å². The second kappa shape index (κ2) is 11.5. The summed E-state index contributed by atoms with van der Waals surface area (Å²) in [4.78, 5) is 29.6. The van der Waals surface area contributed by atoms with E-state index in [9.17, 15) is 14.7 Å². The summed E-state index contributed by atoms with van der Waals surface area (Å²) in [6, 6.07) is 4.00. The highest BCUT2D eigenvalue weighted by Crippen LogP contribution is 2.34. The number of fused-ring (bicyclic) bond motifs is 2. The van der Waals surface area contributed by atoms with Gasteiger partial charge < -0.3 is 23.9 Å². The Labute approximate surface area is 206 Å². The first-order chi connectivity index (χ1) is 16.9. The van der Waals surface area contributed by atoms with E-state index in [0.29, 0.717) is 41.8 Å². The van der Waals surface area contributed by atoms with Gasteiger partial charge in [0.2, 0.25) is 0 Å². The number of nitrogens with zero attached hydrogens (tertiary/aromatic N) is 2. The number of benzene rings is 1. The van der Waals surface area contributed by atoms with Crippen LogP contribution in [0.5, 0.6) is 5.75 Å². The number of rotatable bonds is 9. The molecule has 8 heteroatoms. The summed E-state index contributed by atoms with van der Waals surface area (Å²) >= 11 is 0. The maximum absolute atomic E-state index is 12.8. The van der Waals surface area contributed by atoms with Crippen LogP contribution in [0.2, 0.25) is 0 Å². The van der Waals surface area contributed by atoms with Crippen LogP contribution >= 0.6 is 0 Å². The monoisotopic (exact) mass is 486 g/mol. The SMILES string of the molecule is COCCN(Cc1c(O)ccc2c(C)c(CC(=O)OC)c(=O)oc12)CC1CCCN2CCCCC12. The summed E-state index contributed by atoms with van der Waals surface area (Å²) in [5, 5.41) is 11.5. The summed E-state index contributed by atoms with van der Waals surface area (Å²) in [5.74, 6) is 0.179. The quantitative estimate of drug-likeness (QED) is 0.427. The molecule has 2 aliphatic rings. The fourth-order valence-electron chi connectivity index (χ4n) is 5.87. The minimum Gasteiger partial charge on any atom is -0.507 e. The van der Waals surface area contributed by atoms with Crippen molar-refractivity contribution < 1.29 is 23.8 Å². The Bertz CT molecular complexity index is 1100. The summed E-state index contributed by atoms with van der Waals surface area (Å²) in [7, 11) is 2.99. The maximum atomic E-state index is 12.8. The molecule has 2 fully saturated rings. The molecule has 8 nitrogen and oxygen atoms in total. The van der Waals surface area contributed by atoms with E-state index in [1.807, 2.05) is 0 Å². The lowest BCUT2D eigenvalue weighted by molar-refractivity contribution is -0.139. The van der Waals surface area contributed by atoms with Crippen molar-refractivity contribution in [3.63, 3.8) is 0 Å². The fraction of sp³-hybridized carbons (Fsp3) is 0.630. The van der Waals surface area contributed by atoms with E-state index in [4.69, 9.17) is 13.9 Å². The Morgan fingerprint density at radius 2 is 1.97 bits per heavy atom. The molecule has 0 aliphatic carbocycles. The van der Waals surface area contributed by atoms with E-state index in [1.165, 1.54) is 52.3 Å². The van der Waals surface area contributed by atoms with Gasteiger partial charge >= 0.3 is 11.6 Å². The summed E-state index contributed by atoms with van der Waals surface area (Å²) in [6.45, 7) is 6.86. The zero-order chi connectivity index (χ0) is 24.9. The number of ether oxygens (including phenoxy) is 2. The van der Waals surface area contributed by atoms with Crippen LogP contribution in [0.25, 0.3) is 11.0 Å². The van der Waals surface area contributed by atoms with E-state index in [2.05, 4.69) is 9.80 Å². The van der Waals surface area contributed by atoms with Gasteiger partial charge in [0.05, 0.1) is 31.3 Å². The normalized spacial score (nSPS) is 20.8. The summed E-state index contributed by atoms with van der Waals surface area (Å²) < 4.78 is 15.9. The highest BCUT2D eigenvalue weighted by molar-refractivity contribution is 5.87. The smallest absolute Gasteiger partial charge is 0.340 e. The van der Waals surface area contributed by atoms with Crippen molar-refractivity contribution in [3.8, 4) is 5.75 Å². The second-order valence-corrected chi connectivity index (χ2v) is 9.92. The molecule has 35 heavy (non-hydrogen) atoms. The Kier molecular flexibility index (Phi) is 8.46. The molecule has 2 saturated heterocycles. The molecule has 4 rings (SSSR count). The summed E-state index contributed by atoms with van der Waals surface area (Å²) in [5.41, 5.74) is 1.38. The largest absolute Gasteiger partial charge is 0.507 e. The van der Waals surface area contributed by atoms with Gasteiger partial charge in [-0.3, -0.25) is 9.69 Å². The molecule has 0 bridgehead atoms. The molecule has 0 spiro atoms. The third kappa shape index (κ3) is 5.71. The van der Waals surface area contributed by atoms with Crippen LogP contribution in [-0.4, -0.2) is 73.9 Å². The average Bonchev–Trinajstić information content (AvgIpc) is 2.86. The number of carbonyl (C=O) groups excluding carboxylic acids is 1. The van der Waals surface area contributed by atoms with E-state index in [1.54, 1.807) is 26.2 Å². The van der Waals surface area contributed by atoms with E-state index in [0.717, 1.165) is 18.5 Å². The predicted molar refractivity (Wildman–Crippen MR) is 134 cm³/mol. The van der Waals surface area contributed by atoms with Crippen LogP contribution in [0, 0.1) is 12.8 Å². The number of hydrogen-bond donors (Lipinski definition) is 1. The minimum atomic E-state index is -0.569. The molecule has 1 aromatic heterocycles. The molecular formula is C27H38N2O6. The van der Waals surface area contributed by atoms with Crippen molar-refractivity contribution in [1.82, 2.24) is 9.80 Å². The van der Waals surface area contributed by atoms with Gasteiger partial charge in [0.25, 0.3) is 0 Å². The van der Waals surface area contributed by atoms with Crippen LogP contribution in [0.4, 0.5) is 0 Å². The molecule has 1 aromatic carbocycles. The number of methoxy groups -OCH3 is 2. The first kappa shape index (κ1) is 25.7. The molecule has 3 heterocycles. The lowest BCUT2D eigenvalue weighted by Gasteiger charge is -2.45. The molecule has 192 valence electrons. The molecule has 0 amide bonds. The molecule has 1 N–H and O–H groups in total. The average molecular weight is 487 g/mol. The number of aromatic hydroxyl groups is 1. The van der Waals surface area contributed by atoms with Gasteiger partial charge in [0.1, 0.15) is 11.3 Å². The molecule has 2 aliphatic heterocycles. The van der Waals surface area contributed by atoms with E-state index >= 15 is 0 Å². The van der Waals surface area contributed by atoms with Crippen LogP contribution in [0.3, 0.4) is 0 Å². The van der Waals surface area contributed by atoms with Gasteiger partial charge in [-0.05, 0) is 69.3 Å². The lowest BCUT2D eigenvalue weighted by atomic mass is 9.83. The van der Waals surface area contributed by atoms with Gasteiger partial charge in [-0.25, -0.2) is 4.79 Å². The first-order valence-electron chi connectivity index (χ1n) is 12.7. The number of phenolic OH excluding ortho intramolecular Hbond substituents is 1. The molecule has 2 aromatic rings. The van der Waals surface area contributed by atoms with Crippen LogP contribution < -0.4 is 5.63 Å². The highest BCUT2D eigenvalue weighted by atomic mass is 16.5. The number of carbonyl (C=O) groups is 1. The van der Waals surface area contributed by atoms with Gasteiger partial charge in [-0.1, -0.05) is 6.42 Å². The summed E-state index contributed by atoms with van der Waals surface area (Å²) in [6.07, 6.45) is 6.11. The Balaban J connectivity index is 1.64. The molecule has 0 saturated carbocycles.